The molecule has 0 radical (unpaired) electrons. The van der Waals surface area contributed by atoms with Gasteiger partial charge >= 0.3 is 0 Å². The van der Waals surface area contributed by atoms with E-state index < -0.39 is 0 Å². The predicted octanol–water partition coefficient (Wildman–Crippen LogP) is 5.00. The van der Waals surface area contributed by atoms with Gasteiger partial charge in [0.15, 0.2) is 5.43 Å². The van der Waals surface area contributed by atoms with Gasteiger partial charge in [-0.15, -0.1) is 0 Å². The van der Waals surface area contributed by atoms with Gasteiger partial charge in [0.1, 0.15) is 11.3 Å². The maximum absolute atomic E-state index is 13.2. The zero-order chi connectivity index (χ0) is 22.8. The van der Waals surface area contributed by atoms with Crippen LogP contribution >= 0.6 is 0 Å². The van der Waals surface area contributed by atoms with Gasteiger partial charge in [0.05, 0.1) is 17.0 Å². The molecular weight excluding hydrogens is 402 g/mol. The highest BCUT2D eigenvalue weighted by molar-refractivity contribution is 5.99. The number of anilines is 1. The zero-order valence-electron chi connectivity index (χ0n) is 18.5. The molecule has 1 amide bonds. The Morgan fingerprint density at radius 3 is 2.59 bits per heavy atom. The summed E-state index contributed by atoms with van der Waals surface area (Å²) < 4.78 is 6.34. The summed E-state index contributed by atoms with van der Waals surface area (Å²) in [7, 11) is 1.60. The number of pyridine rings is 1. The molecule has 1 unspecified atom stereocenters. The van der Waals surface area contributed by atoms with Gasteiger partial charge in [0, 0.05) is 41.8 Å². The van der Waals surface area contributed by atoms with Crippen LogP contribution in [0.25, 0.3) is 22.3 Å². The number of rotatable bonds is 5. The highest BCUT2D eigenvalue weighted by Crippen LogP contribution is 2.32. The SMILES string of the molecule is CNC(=O)c1ccccc1NC(C)c1cc(C)cc2c(=O)c(C)c(-c3cccnc3)oc12. The van der Waals surface area contributed by atoms with Crippen molar-refractivity contribution < 1.29 is 9.21 Å². The minimum atomic E-state index is -0.226. The Kier molecular flexibility index (Phi) is 5.77. The fourth-order valence-electron chi connectivity index (χ4n) is 3.91. The number of amides is 1. The molecule has 0 bridgehead atoms. The molecule has 0 aliphatic carbocycles. The lowest BCUT2D eigenvalue weighted by Gasteiger charge is -2.20. The summed E-state index contributed by atoms with van der Waals surface area (Å²) in [5, 5.41) is 6.63. The molecule has 2 aromatic heterocycles. The van der Waals surface area contributed by atoms with Crippen LogP contribution in [0.5, 0.6) is 0 Å². The molecule has 6 heteroatoms. The number of aryl methyl sites for hydroxylation is 1. The molecule has 0 aliphatic heterocycles. The summed E-state index contributed by atoms with van der Waals surface area (Å²) >= 11 is 0. The molecule has 4 rings (SSSR count). The van der Waals surface area contributed by atoms with Gasteiger partial charge < -0.3 is 15.1 Å². The number of hydrogen-bond donors (Lipinski definition) is 2. The highest BCUT2D eigenvalue weighted by atomic mass is 16.3. The summed E-state index contributed by atoms with van der Waals surface area (Å²) in [4.78, 5) is 29.7. The van der Waals surface area contributed by atoms with Crippen LogP contribution in [0.15, 0.2) is 70.1 Å². The van der Waals surface area contributed by atoms with Crippen LogP contribution in [0.3, 0.4) is 0 Å². The number of fused-ring (bicyclic) bond motifs is 1. The third-order valence-corrected chi connectivity index (χ3v) is 5.55. The largest absolute Gasteiger partial charge is 0.455 e. The minimum absolute atomic E-state index is 0.0620. The topological polar surface area (TPSA) is 84.2 Å². The van der Waals surface area contributed by atoms with Gasteiger partial charge in [-0.25, -0.2) is 0 Å². The van der Waals surface area contributed by atoms with Gasteiger partial charge in [0.2, 0.25) is 0 Å². The Bertz CT molecular complexity index is 1360. The van der Waals surface area contributed by atoms with Crippen molar-refractivity contribution in [2.24, 2.45) is 0 Å². The summed E-state index contributed by atoms with van der Waals surface area (Å²) in [5.74, 6) is 0.342. The van der Waals surface area contributed by atoms with Gasteiger partial charge in [-0.05, 0) is 56.7 Å². The van der Waals surface area contributed by atoms with E-state index in [0.29, 0.717) is 33.5 Å². The lowest BCUT2D eigenvalue weighted by atomic mass is 9.98. The van der Waals surface area contributed by atoms with Crippen molar-refractivity contribution >= 4 is 22.6 Å². The average Bonchev–Trinajstić information content (AvgIpc) is 2.81. The molecule has 2 N–H and O–H groups in total. The molecular formula is C26H25N3O3. The first-order chi connectivity index (χ1) is 15.4. The Balaban J connectivity index is 1.87. The van der Waals surface area contributed by atoms with Crippen LogP contribution in [0.1, 0.15) is 40.0 Å². The van der Waals surface area contributed by atoms with Gasteiger partial charge in [-0.3, -0.25) is 14.6 Å². The molecule has 0 saturated heterocycles. The second-order valence-corrected chi connectivity index (χ2v) is 7.85. The number of carbonyl (C=O) groups excluding carboxylic acids is 1. The van der Waals surface area contributed by atoms with Crippen LogP contribution in [-0.4, -0.2) is 17.9 Å². The first kappa shape index (κ1) is 21.3. The van der Waals surface area contributed by atoms with E-state index in [2.05, 4.69) is 15.6 Å². The Morgan fingerprint density at radius 2 is 1.88 bits per heavy atom. The highest BCUT2D eigenvalue weighted by Gasteiger charge is 2.20. The van der Waals surface area contributed by atoms with Gasteiger partial charge in [0.25, 0.3) is 5.91 Å². The summed E-state index contributed by atoms with van der Waals surface area (Å²) in [6.07, 6.45) is 3.37. The average molecular weight is 428 g/mol. The fourth-order valence-corrected chi connectivity index (χ4v) is 3.91. The Labute approximate surface area is 186 Å². The van der Waals surface area contributed by atoms with Crippen LogP contribution in [-0.2, 0) is 0 Å². The normalized spacial score (nSPS) is 11.9. The van der Waals surface area contributed by atoms with Crippen LogP contribution < -0.4 is 16.1 Å². The van der Waals surface area contributed by atoms with E-state index in [1.165, 1.54) is 0 Å². The number of benzene rings is 2. The van der Waals surface area contributed by atoms with Crippen molar-refractivity contribution in [1.82, 2.24) is 10.3 Å². The molecule has 4 aromatic rings. The van der Waals surface area contributed by atoms with Gasteiger partial charge in [-0.1, -0.05) is 18.2 Å². The van der Waals surface area contributed by atoms with Crippen molar-refractivity contribution in [2.75, 3.05) is 12.4 Å². The number of hydrogen-bond acceptors (Lipinski definition) is 5. The summed E-state index contributed by atoms with van der Waals surface area (Å²) in [5.41, 5.74) is 4.82. The molecule has 0 saturated carbocycles. The maximum atomic E-state index is 13.2. The smallest absolute Gasteiger partial charge is 0.253 e. The Hall–Kier alpha value is -3.93. The molecule has 2 heterocycles. The van der Waals surface area contributed by atoms with E-state index in [1.807, 2.05) is 56.3 Å². The minimum Gasteiger partial charge on any atom is -0.455 e. The van der Waals surface area contributed by atoms with Crippen molar-refractivity contribution in [3.63, 3.8) is 0 Å². The zero-order valence-corrected chi connectivity index (χ0v) is 18.5. The standard InChI is InChI=1S/C26H25N3O3/c1-15-12-20(17(3)29-22-10-6-5-9-19(22)26(31)27-4)25-21(13-15)23(30)16(2)24(32-25)18-8-7-11-28-14-18/h5-14,17,29H,1-4H3,(H,27,31). The van der Waals surface area contributed by atoms with E-state index >= 15 is 0 Å². The summed E-state index contributed by atoms with van der Waals surface area (Å²) in [6, 6.07) is 14.7. The number of nitrogens with one attached hydrogen (secondary N) is 2. The first-order valence-corrected chi connectivity index (χ1v) is 10.5. The number of carbonyl (C=O) groups is 1. The fraction of sp³-hybridized carbons (Fsp3) is 0.192. The third-order valence-electron chi connectivity index (χ3n) is 5.55. The number of nitrogens with zero attached hydrogens (tertiary/aromatic N) is 1. The predicted molar refractivity (Wildman–Crippen MR) is 127 cm³/mol. The monoisotopic (exact) mass is 427 g/mol. The maximum Gasteiger partial charge on any atom is 0.253 e. The van der Waals surface area contributed by atoms with Crippen LogP contribution in [0.4, 0.5) is 5.69 Å². The van der Waals surface area contributed by atoms with Crippen molar-refractivity contribution in [2.45, 2.75) is 26.8 Å². The van der Waals surface area contributed by atoms with Gasteiger partial charge in [-0.2, -0.15) is 0 Å². The second kappa shape index (κ2) is 8.67. The van der Waals surface area contributed by atoms with Crippen LogP contribution in [0.2, 0.25) is 0 Å². The lowest BCUT2D eigenvalue weighted by molar-refractivity contribution is 0.0964. The van der Waals surface area contributed by atoms with E-state index in [0.717, 1.165) is 16.7 Å². The third kappa shape index (κ3) is 3.87. The molecule has 0 fully saturated rings. The number of para-hydroxylation sites is 1. The quantitative estimate of drug-likeness (QED) is 0.468. The molecule has 2 aromatic carbocycles. The first-order valence-electron chi connectivity index (χ1n) is 10.5. The molecule has 0 aliphatic rings. The van der Waals surface area contributed by atoms with E-state index in [-0.39, 0.29) is 17.4 Å². The molecule has 162 valence electrons. The number of aromatic nitrogens is 1. The molecule has 1 atom stereocenters. The van der Waals surface area contributed by atoms with Crippen molar-refractivity contribution in [3.8, 4) is 11.3 Å². The van der Waals surface area contributed by atoms with Crippen molar-refractivity contribution in [3.05, 3.63) is 93.4 Å². The van der Waals surface area contributed by atoms with E-state index in [4.69, 9.17) is 4.42 Å². The summed E-state index contributed by atoms with van der Waals surface area (Å²) in [6.45, 7) is 5.72. The second-order valence-electron chi connectivity index (χ2n) is 7.85. The van der Waals surface area contributed by atoms with Crippen molar-refractivity contribution in [1.29, 1.82) is 0 Å². The molecule has 0 spiro atoms. The lowest BCUT2D eigenvalue weighted by Crippen LogP contribution is -2.20. The Morgan fingerprint density at radius 1 is 1.09 bits per heavy atom. The van der Waals surface area contributed by atoms with E-state index in [9.17, 15) is 9.59 Å². The van der Waals surface area contributed by atoms with E-state index in [1.54, 1.807) is 32.4 Å². The van der Waals surface area contributed by atoms with Crippen LogP contribution in [0, 0.1) is 13.8 Å². The molecule has 32 heavy (non-hydrogen) atoms. The molecule has 6 nitrogen and oxygen atoms in total.